The molecule has 19 heteroatoms. The lowest BCUT2D eigenvalue weighted by molar-refractivity contribution is -0.161. The lowest BCUT2D eigenvalue weighted by Gasteiger charge is -2.21. The standard InChI is InChI=1S/C68H132O17P2/c1-9-61(8)47-39-31-22-16-13-14-18-24-34-42-50-67(72)84-63(54-79-66(71)49-41-33-25-19-21-29-37-45-59(4)5)56-82-86(74,75)80-52-62(69)53-81-87(76,77)83-57-64(85-68(73)51-43-35-27-26-30-38-46-60(6)7)55-78-65(70)48-40-32-23-17-12-10-11-15-20-28-36-44-58(2)3/h58-64,69H,9-57H2,1-8H3,(H,74,75)(H,76,77)/t61?,62?,63-,64-/m1/s1. The average Bonchev–Trinajstić information content (AvgIpc) is 3.68. The van der Waals surface area contributed by atoms with Gasteiger partial charge in [-0.2, -0.15) is 0 Å². The molecule has 0 saturated heterocycles. The van der Waals surface area contributed by atoms with Crippen LogP contribution >= 0.6 is 15.6 Å². The fourth-order valence-electron chi connectivity index (χ4n) is 10.1. The predicted octanol–water partition coefficient (Wildman–Crippen LogP) is 18.9. The molecular formula is C68H132O17P2. The molecule has 0 aliphatic carbocycles. The lowest BCUT2D eigenvalue weighted by Crippen LogP contribution is -2.30. The van der Waals surface area contributed by atoms with E-state index in [9.17, 15) is 43.2 Å². The number of carbonyl (C=O) groups excluding carboxylic acids is 4. The van der Waals surface area contributed by atoms with Gasteiger partial charge < -0.3 is 33.8 Å². The molecule has 0 fully saturated rings. The van der Waals surface area contributed by atoms with Crippen LogP contribution in [-0.2, 0) is 65.4 Å². The summed E-state index contributed by atoms with van der Waals surface area (Å²) < 4.78 is 68.1. The summed E-state index contributed by atoms with van der Waals surface area (Å²) in [6.45, 7) is 14.0. The molecule has 87 heavy (non-hydrogen) atoms. The van der Waals surface area contributed by atoms with Crippen molar-refractivity contribution in [3.63, 3.8) is 0 Å². The summed E-state index contributed by atoms with van der Waals surface area (Å²) in [7, 11) is -9.90. The van der Waals surface area contributed by atoms with Crippen LogP contribution in [0.3, 0.4) is 0 Å². The highest BCUT2D eigenvalue weighted by atomic mass is 31.2. The van der Waals surface area contributed by atoms with Gasteiger partial charge in [0.2, 0.25) is 0 Å². The maximum Gasteiger partial charge on any atom is 0.472 e. The van der Waals surface area contributed by atoms with Crippen LogP contribution in [0.2, 0.25) is 0 Å². The molecule has 0 heterocycles. The van der Waals surface area contributed by atoms with E-state index in [1.807, 2.05) is 0 Å². The number of phosphoric ester groups is 2. The lowest BCUT2D eigenvalue weighted by atomic mass is 9.99. The van der Waals surface area contributed by atoms with E-state index in [-0.39, 0.29) is 25.7 Å². The maximum absolute atomic E-state index is 13.0. The van der Waals surface area contributed by atoms with Gasteiger partial charge in [-0.05, 0) is 49.4 Å². The second-order valence-electron chi connectivity index (χ2n) is 26.2. The minimum Gasteiger partial charge on any atom is -0.462 e. The Morgan fingerprint density at radius 3 is 0.816 bits per heavy atom. The van der Waals surface area contributed by atoms with Crippen LogP contribution in [0.4, 0.5) is 0 Å². The van der Waals surface area contributed by atoms with Crippen molar-refractivity contribution in [2.45, 2.75) is 350 Å². The molecule has 0 aromatic rings. The van der Waals surface area contributed by atoms with Crippen molar-refractivity contribution in [2.75, 3.05) is 39.6 Å². The topological polar surface area (TPSA) is 237 Å². The van der Waals surface area contributed by atoms with E-state index >= 15 is 0 Å². The van der Waals surface area contributed by atoms with E-state index in [0.29, 0.717) is 37.5 Å². The van der Waals surface area contributed by atoms with Gasteiger partial charge in [0, 0.05) is 25.7 Å². The van der Waals surface area contributed by atoms with Gasteiger partial charge in [0.1, 0.15) is 19.3 Å². The largest absolute Gasteiger partial charge is 0.472 e. The third-order valence-corrected chi connectivity index (χ3v) is 17.8. The Kier molecular flexibility index (Phi) is 56.6. The zero-order valence-corrected chi connectivity index (χ0v) is 58.4. The van der Waals surface area contributed by atoms with E-state index in [1.54, 1.807) is 0 Å². The molecule has 0 amide bonds. The van der Waals surface area contributed by atoms with Gasteiger partial charge >= 0.3 is 39.5 Å². The quantitative estimate of drug-likeness (QED) is 0.0222. The van der Waals surface area contributed by atoms with Gasteiger partial charge in [0.15, 0.2) is 12.2 Å². The molecule has 6 atom stereocenters. The molecular weight excluding hydrogens is 1150 g/mol. The minimum absolute atomic E-state index is 0.101. The summed E-state index contributed by atoms with van der Waals surface area (Å²) in [5.74, 6) is 0.812. The number of esters is 4. The number of aliphatic hydroxyl groups is 1. The Labute approximate surface area is 530 Å². The first-order chi connectivity index (χ1) is 41.6. The van der Waals surface area contributed by atoms with Gasteiger partial charge in [-0.3, -0.25) is 37.3 Å². The highest BCUT2D eigenvalue weighted by Gasteiger charge is 2.30. The van der Waals surface area contributed by atoms with Crippen molar-refractivity contribution in [3.05, 3.63) is 0 Å². The fraction of sp³-hybridized carbons (Fsp3) is 0.941. The summed E-state index contributed by atoms with van der Waals surface area (Å²) in [5, 5.41) is 10.6. The summed E-state index contributed by atoms with van der Waals surface area (Å²) in [5.41, 5.74) is 0. The third kappa shape index (κ3) is 61.3. The zero-order chi connectivity index (χ0) is 64.7. The van der Waals surface area contributed by atoms with E-state index in [4.69, 9.17) is 37.0 Å². The van der Waals surface area contributed by atoms with Crippen LogP contribution in [0.1, 0.15) is 331 Å². The van der Waals surface area contributed by atoms with Crippen molar-refractivity contribution in [1.29, 1.82) is 0 Å². The number of ether oxygens (including phenoxy) is 4. The van der Waals surface area contributed by atoms with Crippen molar-refractivity contribution in [1.82, 2.24) is 0 Å². The summed E-state index contributed by atoms with van der Waals surface area (Å²) >= 11 is 0. The van der Waals surface area contributed by atoms with Crippen LogP contribution in [0.5, 0.6) is 0 Å². The normalized spacial score (nSPS) is 14.6. The van der Waals surface area contributed by atoms with Gasteiger partial charge in [-0.15, -0.1) is 0 Å². The molecule has 0 aliphatic rings. The third-order valence-electron chi connectivity index (χ3n) is 15.9. The molecule has 0 radical (unpaired) electrons. The first kappa shape index (κ1) is 85.1. The van der Waals surface area contributed by atoms with Gasteiger partial charge in [0.25, 0.3) is 0 Å². The molecule has 0 bridgehead atoms. The average molecular weight is 1280 g/mol. The van der Waals surface area contributed by atoms with E-state index in [1.165, 1.54) is 128 Å². The molecule has 0 saturated carbocycles. The first-order valence-corrected chi connectivity index (χ1v) is 38.2. The van der Waals surface area contributed by atoms with E-state index < -0.39 is 97.5 Å². The zero-order valence-electron chi connectivity index (χ0n) is 56.6. The number of hydrogen-bond donors (Lipinski definition) is 3. The Bertz CT molecular complexity index is 1730. The Morgan fingerprint density at radius 1 is 0.322 bits per heavy atom. The number of unbranched alkanes of at least 4 members (excludes halogenated alkanes) is 30. The minimum atomic E-state index is -4.95. The fourth-order valence-corrected chi connectivity index (χ4v) is 11.7. The number of phosphoric acid groups is 2. The molecule has 0 aromatic carbocycles. The molecule has 17 nitrogen and oxygen atoms in total. The summed E-state index contributed by atoms with van der Waals surface area (Å²) in [4.78, 5) is 72.4. The van der Waals surface area contributed by atoms with Crippen molar-refractivity contribution >= 4 is 39.5 Å². The number of carbonyl (C=O) groups is 4. The molecule has 0 aromatic heterocycles. The van der Waals surface area contributed by atoms with Crippen LogP contribution in [0, 0.1) is 23.7 Å². The highest BCUT2D eigenvalue weighted by molar-refractivity contribution is 7.47. The van der Waals surface area contributed by atoms with Crippen molar-refractivity contribution in [3.8, 4) is 0 Å². The van der Waals surface area contributed by atoms with Crippen LogP contribution < -0.4 is 0 Å². The SMILES string of the molecule is CCC(C)CCCCCCCCCCCCC(=O)O[C@H](COC(=O)CCCCCCCCCC(C)C)COP(=O)(O)OCC(O)COP(=O)(O)OC[C@@H](COC(=O)CCCCCCCCCCCCCC(C)C)OC(=O)CCCCCCCCC(C)C. The van der Waals surface area contributed by atoms with Crippen LogP contribution in [0.15, 0.2) is 0 Å². The second kappa shape index (κ2) is 57.9. The van der Waals surface area contributed by atoms with Gasteiger partial charge in [0.05, 0.1) is 26.4 Å². The molecule has 0 spiro atoms. The molecule has 4 unspecified atom stereocenters. The molecule has 0 aliphatic heterocycles. The second-order valence-corrected chi connectivity index (χ2v) is 29.1. The van der Waals surface area contributed by atoms with Gasteiger partial charge in [-0.1, -0.05) is 280 Å². The Hall–Kier alpha value is -1.94. The number of hydrogen-bond acceptors (Lipinski definition) is 15. The Morgan fingerprint density at radius 2 is 0.552 bits per heavy atom. The predicted molar refractivity (Wildman–Crippen MR) is 349 cm³/mol. The van der Waals surface area contributed by atoms with Crippen molar-refractivity contribution in [2.24, 2.45) is 23.7 Å². The summed E-state index contributed by atoms with van der Waals surface area (Å²) in [6, 6.07) is 0. The molecule has 516 valence electrons. The summed E-state index contributed by atoms with van der Waals surface area (Å²) in [6.07, 6.45) is 39.1. The maximum atomic E-state index is 13.0. The monoisotopic (exact) mass is 1280 g/mol. The van der Waals surface area contributed by atoms with Crippen molar-refractivity contribution < 1.29 is 80.2 Å². The molecule has 3 N–H and O–H groups in total. The first-order valence-electron chi connectivity index (χ1n) is 35.2. The van der Waals surface area contributed by atoms with Crippen LogP contribution in [0.25, 0.3) is 0 Å². The Balaban J connectivity index is 5.23. The van der Waals surface area contributed by atoms with Gasteiger partial charge in [-0.25, -0.2) is 9.13 Å². The smallest absolute Gasteiger partial charge is 0.462 e. The number of rotatable bonds is 65. The number of aliphatic hydroxyl groups excluding tert-OH is 1. The van der Waals surface area contributed by atoms with E-state index in [2.05, 4.69) is 55.4 Å². The van der Waals surface area contributed by atoms with Crippen LogP contribution in [-0.4, -0.2) is 96.7 Å². The van der Waals surface area contributed by atoms with E-state index in [0.717, 1.165) is 108 Å². The highest BCUT2D eigenvalue weighted by Crippen LogP contribution is 2.45. The molecule has 0 rings (SSSR count).